The number of aromatic nitrogens is 2. The number of hydrogen-bond donors (Lipinski definition) is 1. The molecule has 5 nitrogen and oxygen atoms in total. The highest BCUT2D eigenvalue weighted by Crippen LogP contribution is 2.13. The summed E-state index contributed by atoms with van der Waals surface area (Å²) >= 11 is 0. The zero-order valence-electron chi connectivity index (χ0n) is 9.44. The van der Waals surface area contributed by atoms with Crippen molar-refractivity contribution in [3.8, 4) is 0 Å². The first kappa shape index (κ1) is 11.7. The maximum absolute atomic E-state index is 11.3. The van der Waals surface area contributed by atoms with Gasteiger partial charge in [0.1, 0.15) is 0 Å². The Hall–Kier alpha value is -1.36. The molecular formula is C10H16N2O3. The van der Waals surface area contributed by atoms with Crippen LogP contribution in [0.4, 0.5) is 0 Å². The van der Waals surface area contributed by atoms with Crippen LogP contribution in [0.2, 0.25) is 0 Å². The van der Waals surface area contributed by atoms with E-state index in [1.54, 1.807) is 10.9 Å². The summed E-state index contributed by atoms with van der Waals surface area (Å²) in [6, 6.07) is 0. The number of hydrogen-bond acceptors (Lipinski definition) is 4. The fourth-order valence-corrected chi connectivity index (χ4v) is 1.32. The van der Waals surface area contributed by atoms with Crippen molar-refractivity contribution in [3.05, 3.63) is 17.7 Å². The fourth-order valence-electron chi connectivity index (χ4n) is 1.32. The minimum Gasteiger partial charge on any atom is -0.467 e. The van der Waals surface area contributed by atoms with Crippen LogP contribution in [0.25, 0.3) is 0 Å². The quantitative estimate of drug-likeness (QED) is 0.738. The van der Waals surface area contributed by atoms with Gasteiger partial charge in [0.05, 0.1) is 25.7 Å². The van der Waals surface area contributed by atoms with E-state index in [2.05, 4.69) is 9.72 Å². The van der Waals surface area contributed by atoms with Crippen molar-refractivity contribution in [3.63, 3.8) is 0 Å². The Morgan fingerprint density at radius 2 is 2.27 bits per heavy atom. The lowest BCUT2D eigenvalue weighted by Gasteiger charge is -2.21. The number of rotatable bonds is 3. The lowest BCUT2D eigenvalue weighted by Crippen LogP contribution is -2.40. The molecule has 1 unspecified atom stereocenters. The molecule has 0 saturated carbocycles. The van der Waals surface area contributed by atoms with Gasteiger partial charge >= 0.3 is 5.97 Å². The first-order valence-corrected chi connectivity index (χ1v) is 4.67. The normalized spacial score (nSPS) is 14.7. The second kappa shape index (κ2) is 4.02. The highest BCUT2D eigenvalue weighted by molar-refractivity contribution is 5.78. The van der Waals surface area contributed by atoms with Crippen LogP contribution >= 0.6 is 0 Å². The molecule has 1 rings (SSSR count). The summed E-state index contributed by atoms with van der Waals surface area (Å²) in [5.41, 5.74) is 0.293. The van der Waals surface area contributed by atoms with Crippen molar-refractivity contribution >= 4 is 5.97 Å². The Balaban J connectivity index is 2.86. The monoisotopic (exact) mass is 212 g/mol. The molecule has 0 aliphatic heterocycles. The molecule has 0 radical (unpaired) electrons. The molecule has 5 heteroatoms. The van der Waals surface area contributed by atoms with Crippen LogP contribution in [-0.2, 0) is 16.1 Å². The van der Waals surface area contributed by atoms with Crippen molar-refractivity contribution in [2.45, 2.75) is 32.9 Å². The van der Waals surface area contributed by atoms with Gasteiger partial charge < -0.3 is 14.4 Å². The molecule has 1 N–H and O–H groups in total. The van der Waals surface area contributed by atoms with Crippen molar-refractivity contribution in [1.29, 1.82) is 0 Å². The highest BCUT2D eigenvalue weighted by Gasteiger charge is 2.32. The Morgan fingerprint density at radius 1 is 1.67 bits per heavy atom. The number of carbonyl (C=O) groups is 1. The number of methoxy groups -OCH3 is 1. The smallest absolute Gasteiger partial charge is 0.339 e. The van der Waals surface area contributed by atoms with E-state index in [-0.39, 0.29) is 6.54 Å². The molecule has 0 aliphatic rings. The molecule has 0 fully saturated rings. The molecule has 0 saturated heterocycles. The summed E-state index contributed by atoms with van der Waals surface area (Å²) in [5.74, 6) is -0.645. The third kappa shape index (κ3) is 2.36. The van der Waals surface area contributed by atoms with Crippen LogP contribution in [-0.4, -0.2) is 33.3 Å². The summed E-state index contributed by atoms with van der Waals surface area (Å²) in [5, 5.41) is 9.85. The summed E-state index contributed by atoms with van der Waals surface area (Å²) in [4.78, 5) is 15.3. The maximum Gasteiger partial charge on any atom is 0.339 e. The van der Waals surface area contributed by atoms with E-state index in [0.29, 0.717) is 0 Å². The van der Waals surface area contributed by atoms with Crippen LogP contribution in [0.3, 0.4) is 0 Å². The average Bonchev–Trinajstić information content (AvgIpc) is 2.48. The number of esters is 1. The zero-order valence-corrected chi connectivity index (χ0v) is 9.44. The SMILES string of the molecule is COC(=O)C(C)(O)Cn1cnc(C)c1C. The van der Waals surface area contributed by atoms with E-state index in [1.165, 1.54) is 14.0 Å². The van der Waals surface area contributed by atoms with Gasteiger partial charge in [0.25, 0.3) is 0 Å². The lowest BCUT2D eigenvalue weighted by molar-refractivity contribution is -0.161. The van der Waals surface area contributed by atoms with E-state index in [4.69, 9.17) is 0 Å². The summed E-state index contributed by atoms with van der Waals surface area (Å²) in [7, 11) is 1.25. The van der Waals surface area contributed by atoms with E-state index in [1.807, 2.05) is 13.8 Å². The molecule has 0 amide bonds. The van der Waals surface area contributed by atoms with Gasteiger partial charge in [0.2, 0.25) is 0 Å². The first-order chi connectivity index (χ1) is 6.88. The Kier molecular flexibility index (Phi) is 3.14. The van der Waals surface area contributed by atoms with Crippen molar-refractivity contribution in [2.24, 2.45) is 0 Å². The van der Waals surface area contributed by atoms with Gasteiger partial charge in [-0.15, -0.1) is 0 Å². The topological polar surface area (TPSA) is 64.3 Å². The summed E-state index contributed by atoms with van der Waals surface area (Å²) in [6.45, 7) is 5.33. The summed E-state index contributed by atoms with van der Waals surface area (Å²) < 4.78 is 6.24. The van der Waals surface area contributed by atoms with Crippen LogP contribution in [0.1, 0.15) is 18.3 Å². The molecule has 0 aromatic carbocycles. The Morgan fingerprint density at radius 3 is 2.67 bits per heavy atom. The Labute approximate surface area is 88.7 Å². The molecule has 0 spiro atoms. The van der Waals surface area contributed by atoms with E-state index in [0.717, 1.165) is 11.4 Å². The predicted octanol–water partition coefficient (Wildman–Crippen LogP) is 0.424. The van der Waals surface area contributed by atoms with Crippen LogP contribution in [0.5, 0.6) is 0 Å². The predicted molar refractivity (Wildman–Crippen MR) is 54.3 cm³/mol. The van der Waals surface area contributed by atoms with Gasteiger partial charge in [-0.2, -0.15) is 0 Å². The lowest BCUT2D eigenvalue weighted by atomic mass is 10.1. The molecule has 1 aromatic heterocycles. The number of carbonyl (C=O) groups excluding carboxylic acids is 1. The maximum atomic E-state index is 11.3. The van der Waals surface area contributed by atoms with E-state index >= 15 is 0 Å². The van der Waals surface area contributed by atoms with Crippen LogP contribution in [0, 0.1) is 13.8 Å². The van der Waals surface area contributed by atoms with Crippen LogP contribution < -0.4 is 0 Å². The number of ether oxygens (including phenoxy) is 1. The third-order valence-electron chi connectivity index (χ3n) is 2.45. The molecule has 1 aromatic rings. The first-order valence-electron chi connectivity index (χ1n) is 4.67. The van der Waals surface area contributed by atoms with E-state index in [9.17, 15) is 9.90 Å². The second-order valence-electron chi connectivity index (χ2n) is 3.81. The van der Waals surface area contributed by atoms with Gasteiger partial charge in [-0.25, -0.2) is 9.78 Å². The third-order valence-corrected chi connectivity index (χ3v) is 2.45. The van der Waals surface area contributed by atoms with Crippen LogP contribution in [0.15, 0.2) is 6.33 Å². The molecule has 0 aliphatic carbocycles. The molecule has 0 bridgehead atoms. The summed E-state index contributed by atoms with van der Waals surface area (Å²) in [6.07, 6.45) is 1.60. The molecule has 1 heterocycles. The van der Waals surface area contributed by atoms with Crippen molar-refractivity contribution < 1.29 is 14.6 Å². The molecular weight excluding hydrogens is 196 g/mol. The molecule has 1 atom stereocenters. The molecule has 15 heavy (non-hydrogen) atoms. The average molecular weight is 212 g/mol. The van der Waals surface area contributed by atoms with Gasteiger partial charge in [0, 0.05) is 5.69 Å². The molecule has 84 valence electrons. The number of aryl methyl sites for hydroxylation is 1. The minimum absolute atomic E-state index is 0.145. The fraction of sp³-hybridized carbons (Fsp3) is 0.600. The standard InChI is InChI=1S/C10H16N2O3/c1-7-8(2)12(6-11-7)5-10(3,14)9(13)15-4/h6,14H,5H2,1-4H3. The van der Waals surface area contributed by atoms with Gasteiger partial charge in [0.15, 0.2) is 5.60 Å². The van der Waals surface area contributed by atoms with Crippen molar-refractivity contribution in [1.82, 2.24) is 9.55 Å². The minimum atomic E-state index is -1.52. The zero-order chi connectivity index (χ0) is 11.6. The van der Waals surface area contributed by atoms with Gasteiger partial charge in [-0.1, -0.05) is 0 Å². The second-order valence-corrected chi connectivity index (χ2v) is 3.81. The number of aliphatic hydroxyl groups is 1. The largest absolute Gasteiger partial charge is 0.467 e. The number of nitrogens with zero attached hydrogens (tertiary/aromatic N) is 2. The highest BCUT2D eigenvalue weighted by atomic mass is 16.5. The van der Waals surface area contributed by atoms with Gasteiger partial charge in [-0.05, 0) is 20.8 Å². The van der Waals surface area contributed by atoms with Gasteiger partial charge in [-0.3, -0.25) is 0 Å². The Bertz CT molecular complexity index is 369. The van der Waals surface area contributed by atoms with E-state index < -0.39 is 11.6 Å². The number of imidazole rings is 1. The van der Waals surface area contributed by atoms with Crippen molar-refractivity contribution in [2.75, 3.05) is 7.11 Å².